The van der Waals surface area contributed by atoms with Crippen molar-refractivity contribution in [2.24, 2.45) is 5.41 Å². The van der Waals surface area contributed by atoms with E-state index in [1.807, 2.05) is 18.0 Å². The first kappa shape index (κ1) is 27.1. The number of carbonyl (C=O) groups excluding carboxylic acids is 1. The molecule has 9 nitrogen and oxygen atoms in total. The van der Waals surface area contributed by atoms with Crippen LogP contribution in [0.2, 0.25) is 0 Å². The highest BCUT2D eigenvalue weighted by Gasteiger charge is 2.51. The van der Waals surface area contributed by atoms with Crippen molar-refractivity contribution < 1.29 is 18.5 Å². The van der Waals surface area contributed by atoms with Crippen molar-refractivity contribution in [3.05, 3.63) is 95.4 Å². The molecule has 0 radical (unpaired) electrons. The number of fused-ring (bicyclic) bond motifs is 2. The van der Waals surface area contributed by atoms with Gasteiger partial charge in [-0.1, -0.05) is 11.6 Å². The number of carbonyl (C=O) groups is 1. The zero-order valence-corrected chi connectivity index (χ0v) is 23.3. The van der Waals surface area contributed by atoms with Crippen LogP contribution >= 0.6 is 0 Å². The molecule has 2 aromatic heterocycles. The molecule has 4 heterocycles. The molecule has 3 aliphatic rings. The summed E-state index contributed by atoms with van der Waals surface area (Å²) in [6.07, 6.45) is 7.06. The van der Waals surface area contributed by atoms with Gasteiger partial charge in [0, 0.05) is 43.5 Å². The van der Waals surface area contributed by atoms with Gasteiger partial charge in [0.15, 0.2) is 22.2 Å². The van der Waals surface area contributed by atoms with E-state index in [2.05, 4.69) is 15.3 Å². The molecule has 210 valence electrons. The number of nitrogens with zero attached hydrogens (tertiary/aromatic N) is 4. The minimum Gasteiger partial charge on any atom is -0.593 e. The maximum absolute atomic E-state index is 14.2. The van der Waals surface area contributed by atoms with Crippen LogP contribution in [0.25, 0.3) is 0 Å². The number of allylic oxidation sites excluding steroid dienone is 2. The second-order valence-corrected chi connectivity index (χ2v) is 11.8. The maximum Gasteiger partial charge on any atom is 0.196 e. The summed E-state index contributed by atoms with van der Waals surface area (Å²) in [5, 5.41) is 11.5. The molecule has 2 N–H and O–H groups in total. The summed E-state index contributed by atoms with van der Waals surface area (Å²) in [7, 11) is 1.94. The number of Topliss-reactive ketones (excluding diaryl/α,β-unsaturated/α-hetero) is 1. The molecule has 11 heteroatoms. The van der Waals surface area contributed by atoms with E-state index >= 15 is 0 Å². The molecule has 2 atom stereocenters. The topological polar surface area (TPSA) is 118 Å². The van der Waals surface area contributed by atoms with Crippen LogP contribution in [0.1, 0.15) is 23.3 Å². The number of likely N-dealkylation sites (N-methyl/N-ethyl adjacent to an activating group) is 1. The van der Waals surface area contributed by atoms with Crippen LogP contribution in [0, 0.1) is 16.6 Å². The van der Waals surface area contributed by atoms with Gasteiger partial charge in [0.2, 0.25) is 0 Å². The summed E-state index contributed by atoms with van der Waals surface area (Å²) >= 11 is -1.60. The van der Waals surface area contributed by atoms with Crippen LogP contribution in [0.5, 0.6) is 5.75 Å². The van der Waals surface area contributed by atoms with E-state index in [0.29, 0.717) is 58.7 Å². The first-order valence-electron chi connectivity index (χ1n) is 13.3. The second kappa shape index (κ2) is 11.1. The summed E-state index contributed by atoms with van der Waals surface area (Å²) in [5.74, 6) is 0.771. The number of pyridine rings is 2. The molecule has 6 rings (SSSR count). The lowest BCUT2D eigenvalue weighted by Crippen LogP contribution is -2.52. The third kappa shape index (κ3) is 5.12. The molecule has 0 amide bonds. The Labute approximate surface area is 240 Å². The van der Waals surface area contributed by atoms with Gasteiger partial charge in [-0.3, -0.25) is 9.78 Å². The first-order valence-corrected chi connectivity index (χ1v) is 14.4. The predicted octanol–water partition coefficient (Wildman–Crippen LogP) is 4.39. The number of ether oxygens (including phenoxy) is 1. The Morgan fingerprint density at radius 3 is 2.80 bits per heavy atom. The van der Waals surface area contributed by atoms with E-state index < -0.39 is 16.8 Å². The van der Waals surface area contributed by atoms with Crippen LogP contribution in [-0.4, -0.2) is 64.1 Å². The molecule has 0 bridgehead atoms. The van der Waals surface area contributed by atoms with E-state index in [4.69, 9.17) is 10.1 Å². The van der Waals surface area contributed by atoms with Crippen molar-refractivity contribution in [3.8, 4) is 5.75 Å². The van der Waals surface area contributed by atoms with Gasteiger partial charge in [-0.05, 0) is 60.9 Å². The fourth-order valence-electron chi connectivity index (χ4n) is 5.60. The Balaban J connectivity index is 1.35. The SMILES string of the molecule is CN1CCOc2cc([S+]([O-])N3CCC4=CC(Nc5ccc(F)cc5)=C(C=N)CC4(C(=O)c4ccccn4)C3)cnc21. The Morgan fingerprint density at radius 2 is 2.05 bits per heavy atom. The van der Waals surface area contributed by atoms with Crippen molar-refractivity contribution in [2.45, 2.75) is 17.7 Å². The molecule has 0 spiro atoms. The number of hydrogen-bond donors (Lipinski definition) is 2. The molecule has 1 aliphatic carbocycles. The van der Waals surface area contributed by atoms with Gasteiger partial charge in [0.1, 0.15) is 18.1 Å². The molecule has 2 aliphatic heterocycles. The molecule has 2 unspecified atom stereocenters. The number of halogens is 1. The zero-order chi connectivity index (χ0) is 28.6. The van der Waals surface area contributed by atoms with Crippen LogP contribution in [0.3, 0.4) is 0 Å². The van der Waals surface area contributed by atoms with E-state index in [0.717, 1.165) is 12.1 Å². The number of nitrogens with one attached hydrogen (secondary N) is 2. The number of anilines is 2. The van der Waals surface area contributed by atoms with E-state index in [1.54, 1.807) is 53.1 Å². The van der Waals surface area contributed by atoms with Crippen LogP contribution in [-0.2, 0) is 11.4 Å². The lowest BCUT2D eigenvalue weighted by atomic mass is 9.65. The van der Waals surface area contributed by atoms with Crippen molar-refractivity contribution in [1.82, 2.24) is 14.3 Å². The van der Waals surface area contributed by atoms with Gasteiger partial charge in [0.05, 0.1) is 36.1 Å². The summed E-state index contributed by atoms with van der Waals surface area (Å²) in [6, 6.07) is 13.0. The van der Waals surface area contributed by atoms with Crippen LogP contribution < -0.4 is 15.0 Å². The van der Waals surface area contributed by atoms with Crippen molar-refractivity contribution in [2.75, 3.05) is 43.5 Å². The Hall–Kier alpha value is -4.06. The highest BCUT2D eigenvalue weighted by molar-refractivity contribution is 7.89. The number of hydrogen-bond acceptors (Lipinski definition) is 9. The van der Waals surface area contributed by atoms with Gasteiger partial charge < -0.3 is 24.9 Å². The first-order chi connectivity index (χ1) is 19.9. The highest BCUT2D eigenvalue weighted by Crippen LogP contribution is 2.48. The largest absolute Gasteiger partial charge is 0.593 e. The number of ketones is 1. The molecule has 1 fully saturated rings. The average molecular weight is 573 g/mol. The maximum atomic E-state index is 14.2. The molecular weight excluding hydrogens is 543 g/mol. The molecule has 1 aromatic carbocycles. The summed E-state index contributed by atoms with van der Waals surface area (Å²) in [6.45, 7) is 1.88. The monoisotopic (exact) mass is 572 g/mol. The standard InChI is InChI=1S/C30H29FN6O3S/c1-36-12-13-40-27-15-24(18-34-29(27)36)41(39)37-11-9-21-14-26(35-23-7-5-22(31)6-8-23)20(17-32)16-30(21,19-37)28(38)25-4-2-3-10-33-25/h2-8,10,14-15,17-18,32,35H,9,11-13,16,19H2,1H3. The Bertz CT molecular complexity index is 1550. The van der Waals surface area contributed by atoms with Gasteiger partial charge in [-0.25, -0.2) is 9.37 Å². The lowest BCUT2D eigenvalue weighted by molar-refractivity contribution is 0.0769. The summed E-state index contributed by atoms with van der Waals surface area (Å²) in [4.78, 5) is 25.6. The predicted molar refractivity (Wildman–Crippen MR) is 155 cm³/mol. The normalized spacial score (nSPS) is 21.2. The molecule has 3 aromatic rings. The highest BCUT2D eigenvalue weighted by atomic mass is 32.2. The fourth-order valence-corrected chi connectivity index (χ4v) is 6.85. The summed E-state index contributed by atoms with van der Waals surface area (Å²) in [5.41, 5.74) is 2.10. The van der Waals surface area contributed by atoms with Crippen LogP contribution in [0.4, 0.5) is 15.9 Å². The van der Waals surface area contributed by atoms with Crippen molar-refractivity contribution in [3.63, 3.8) is 0 Å². The number of aromatic nitrogens is 2. The second-order valence-electron chi connectivity index (χ2n) is 10.3. The third-order valence-electron chi connectivity index (χ3n) is 7.77. The van der Waals surface area contributed by atoms with E-state index in [9.17, 15) is 13.7 Å². The van der Waals surface area contributed by atoms with E-state index in [-0.39, 0.29) is 24.6 Å². The van der Waals surface area contributed by atoms with Gasteiger partial charge >= 0.3 is 0 Å². The molecule has 41 heavy (non-hydrogen) atoms. The van der Waals surface area contributed by atoms with Crippen LogP contribution in [0.15, 0.2) is 88.7 Å². The summed E-state index contributed by atoms with van der Waals surface area (Å²) < 4.78 is 35.0. The lowest BCUT2D eigenvalue weighted by Gasteiger charge is -2.45. The Morgan fingerprint density at radius 1 is 1.22 bits per heavy atom. The minimum absolute atomic E-state index is 0.180. The number of benzene rings is 1. The number of rotatable bonds is 7. The molecule has 1 saturated heterocycles. The minimum atomic E-state index is -1.60. The van der Waals surface area contributed by atoms with Gasteiger partial charge in [-0.15, -0.1) is 4.31 Å². The smallest absolute Gasteiger partial charge is 0.196 e. The third-order valence-corrected chi connectivity index (χ3v) is 9.17. The van der Waals surface area contributed by atoms with Gasteiger partial charge in [-0.2, -0.15) is 0 Å². The number of piperidine rings is 1. The zero-order valence-electron chi connectivity index (χ0n) is 22.5. The quantitative estimate of drug-likeness (QED) is 0.243. The van der Waals surface area contributed by atoms with Crippen molar-refractivity contribution in [1.29, 1.82) is 5.41 Å². The molecule has 0 saturated carbocycles. The Kier molecular flexibility index (Phi) is 7.33. The average Bonchev–Trinajstić information content (AvgIpc) is 3.01. The van der Waals surface area contributed by atoms with Crippen molar-refractivity contribution >= 4 is 34.9 Å². The van der Waals surface area contributed by atoms with E-state index in [1.165, 1.54) is 18.3 Å². The molecular formula is C30H29FN6O3S. The fraction of sp³-hybridized carbons (Fsp3) is 0.267. The van der Waals surface area contributed by atoms with Gasteiger partial charge in [0.25, 0.3) is 0 Å².